The van der Waals surface area contributed by atoms with Crippen molar-refractivity contribution in [3.8, 4) is 5.75 Å². The molecule has 0 saturated heterocycles. The molecule has 78 valence electrons. The highest BCUT2D eigenvalue weighted by molar-refractivity contribution is 5.43. The molecule has 0 fully saturated rings. The van der Waals surface area contributed by atoms with E-state index in [4.69, 9.17) is 9.57 Å². The lowest BCUT2D eigenvalue weighted by Gasteiger charge is -2.12. The largest absolute Gasteiger partial charge is 0.496 e. The number of hydrogen-bond acceptors (Lipinski definition) is 3. The molecule has 1 aromatic rings. The summed E-state index contributed by atoms with van der Waals surface area (Å²) in [6.45, 7) is 4.86. The highest BCUT2D eigenvalue weighted by Gasteiger charge is 2.05. The minimum atomic E-state index is 0.715. The van der Waals surface area contributed by atoms with Crippen LogP contribution in [0.15, 0.2) is 12.1 Å². The monoisotopic (exact) mass is 195 g/mol. The van der Waals surface area contributed by atoms with Crippen molar-refractivity contribution >= 4 is 0 Å². The van der Waals surface area contributed by atoms with Gasteiger partial charge in [0.2, 0.25) is 0 Å². The van der Waals surface area contributed by atoms with E-state index < -0.39 is 0 Å². The van der Waals surface area contributed by atoms with Crippen LogP contribution in [0.2, 0.25) is 0 Å². The topological polar surface area (TPSA) is 30.5 Å². The lowest BCUT2D eigenvalue weighted by atomic mass is 10.0. The van der Waals surface area contributed by atoms with Crippen LogP contribution in [0.25, 0.3) is 0 Å². The Morgan fingerprint density at radius 1 is 1.14 bits per heavy atom. The van der Waals surface area contributed by atoms with Crippen molar-refractivity contribution in [3.05, 3.63) is 28.8 Å². The number of ether oxygens (including phenoxy) is 1. The van der Waals surface area contributed by atoms with Gasteiger partial charge in [-0.2, -0.15) is 5.48 Å². The highest BCUT2D eigenvalue weighted by atomic mass is 16.6. The molecular weight excluding hydrogens is 178 g/mol. The fourth-order valence-electron chi connectivity index (χ4n) is 1.41. The Morgan fingerprint density at radius 3 is 2.43 bits per heavy atom. The molecule has 1 rings (SSSR count). The Bertz CT molecular complexity index is 310. The highest BCUT2D eigenvalue weighted by Crippen LogP contribution is 2.23. The van der Waals surface area contributed by atoms with Crippen molar-refractivity contribution in [1.82, 2.24) is 5.48 Å². The van der Waals surface area contributed by atoms with Crippen LogP contribution in [-0.2, 0) is 11.4 Å². The van der Waals surface area contributed by atoms with Crippen molar-refractivity contribution in [1.29, 1.82) is 0 Å². The Kier molecular flexibility index (Phi) is 3.92. The summed E-state index contributed by atoms with van der Waals surface area (Å²) in [7, 11) is 3.31. The molecule has 0 spiro atoms. The summed E-state index contributed by atoms with van der Waals surface area (Å²) < 4.78 is 5.23. The van der Waals surface area contributed by atoms with E-state index in [9.17, 15) is 0 Å². The number of hydroxylamine groups is 1. The van der Waals surface area contributed by atoms with Crippen molar-refractivity contribution in [2.45, 2.75) is 20.4 Å². The summed E-state index contributed by atoms with van der Waals surface area (Å²) in [6.07, 6.45) is 0. The average Bonchev–Trinajstić information content (AvgIpc) is 2.20. The maximum atomic E-state index is 5.23. The minimum absolute atomic E-state index is 0.715. The van der Waals surface area contributed by atoms with Crippen LogP contribution in [0, 0.1) is 13.8 Å². The van der Waals surface area contributed by atoms with Crippen LogP contribution >= 0.6 is 0 Å². The van der Waals surface area contributed by atoms with E-state index >= 15 is 0 Å². The predicted octanol–water partition coefficient (Wildman–Crippen LogP) is 1.96. The van der Waals surface area contributed by atoms with Crippen molar-refractivity contribution in [2.24, 2.45) is 0 Å². The summed E-state index contributed by atoms with van der Waals surface area (Å²) in [5.41, 5.74) is 6.48. The Balaban J connectivity index is 2.92. The SMILES string of the molecule is CONCc1ccc(OC)c(C)c1C. The molecule has 0 amide bonds. The van der Waals surface area contributed by atoms with Gasteiger partial charge in [-0.25, -0.2) is 0 Å². The van der Waals surface area contributed by atoms with Crippen molar-refractivity contribution in [3.63, 3.8) is 0 Å². The van der Waals surface area contributed by atoms with Gasteiger partial charge in [-0.1, -0.05) is 6.07 Å². The predicted molar refractivity (Wildman–Crippen MR) is 56.3 cm³/mol. The summed E-state index contributed by atoms with van der Waals surface area (Å²) in [6, 6.07) is 4.03. The first-order chi connectivity index (χ1) is 6.70. The Labute approximate surface area is 85.0 Å². The maximum absolute atomic E-state index is 5.23. The first kappa shape index (κ1) is 11.0. The van der Waals surface area contributed by atoms with Gasteiger partial charge in [0.05, 0.1) is 14.2 Å². The van der Waals surface area contributed by atoms with Crippen molar-refractivity contribution in [2.75, 3.05) is 14.2 Å². The van der Waals surface area contributed by atoms with Crippen LogP contribution in [0.1, 0.15) is 16.7 Å². The van der Waals surface area contributed by atoms with Gasteiger partial charge >= 0.3 is 0 Å². The van der Waals surface area contributed by atoms with E-state index in [0.717, 1.165) is 5.75 Å². The molecular formula is C11H17NO2. The minimum Gasteiger partial charge on any atom is -0.496 e. The zero-order valence-electron chi connectivity index (χ0n) is 9.18. The molecule has 1 aromatic carbocycles. The number of benzene rings is 1. The van der Waals surface area contributed by atoms with Crippen LogP contribution in [0.5, 0.6) is 5.75 Å². The van der Waals surface area contributed by atoms with E-state index in [1.807, 2.05) is 12.1 Å². The van der Waals surface area contributed by atoms with E-state index in [0.29, 0.717) is 6.54 Å². The van der Waals surface area contributed by atoms with Gasteiger partial charge in [0.1, 0.15) is 5.75 Å². The zero-order chi connectivity index (χ0) is 10.6. The van der Waals surface area contributed by atoms with Gasteiger partial charge in [0, 0.05) is 6.54 Å². The first-order valence-corrected chi connectivity index (χ1v) is 4.59. The maximum Gasteiger partial charge on any atom is 0.122 e. The molecule has 0 aromatic heterocycles. The third-order valence-corrected chi connectivity index (χ3v) is 2.48. The third-order valence-electron chi connectivity index (χ3n) is 2.48. The van der Waals surface area contributed by atoms with E-state index in [-0.39, 0.29) is 0 Å². The number of methoxy groups -OCH3 is 1. The van der Waals surface area contributed by atoms with Crippen LogP contribution in [0.4, 0.5) is 0 Å². The van der Waals surface area contributed by atoms with Gasteiger partial charge < -0.3 is 9.57 Å². The normalized spacial score (nSPS) is 10.3. The molecule has 0 aliphatic heterocycles. The summed E-state index contributed by atoms with van der Waals surface area (Å²) in [5.74, 6) is 0.934. The van der Waals surface area contributed by atoms with Gasteiger partial charge in [-0.3, -0.25) is 0 Å². The van der Waals surface area contributed by atoms with Crippen molar-refractivity contribution < 1.29 is 9.57 Å². The molecule has 3 nitrogen and oxygen atoms in total. The van der Waals surface area contributed by atoms with Crippen LogP contribution in [-0.4, -0.2) is 14.2 Å². The summed E-state index contributed by atoms with van der Waals surface area (Å²) in [5, 5.41) is 0. The molecule has 0 saturated carbocycles. The molecule has 0 aliphatic carbocycles. The van der Waals surface area contributed by atoms with Gasteiger partial charge in [0.15, 0.2) is 0 Å². The molecule has 0 heterocycles. The number of rotatable bonds is 4. The molecule has 3 heteroatoms. The summed E-state index contributed by atoms with van der Waals surface area (Å²) >= 11 is 0. The average molecular weight is 195 g/mol. The number of hydrogen-bond donors (Lipinski definition) is 1. The van der Waals surface area contributed by atoms with Crippen LogP contribution < -0.4 is 10.2 Å². The standard InChI is InChI=1S/C11H17NO2/c1-8-9(2)11(13-3)6-5-10(8)7-12-14-4/h5-6,12H,7H2,1-4H3. The quantitative estimate of drug-likeness (QED) is 0.745. The summed E-state index contributed by atoms with van der Waals surface area (Å²) in [4.78, 5) is 4.82. The molecule has 1 N–H and O–H groups in total. The Hall–Kier alpha value is -1.06. The molecule has 0 aliphatic rings. The molecule has 0 radical (unpaired) electrons. The fraction of sp³-hybridized carbons (Fsp3) is 0.455. The van der Waals surface area contributed by atoms with E-state index in [2.05, 4.69) is 19.3 Å². The Morgan fingerprint density at radius 2 is 1.86 bits per heavy atom. The second kappa shape index (κ2) is 4.98. The van der Waals surface area contributed by atoms with Gasteiger partial charge in [-0.05, 0) is 36.6 Å². The molecule has 0 unspecified atom stereocenters. The molecule has 0 atom stereocenters. The smallest absolute Gasteiger partial charge is 0.122 e. The lowest BCUT2D eigenvalue weighted by molar-refractivity contribution is 0.0865. The van der Waals surface area contributed by atoms with E-state index in [1.165, 1.54) is 16.7 Å². The second-order valence-corrected chi connectivity index (χ2v) is 3.20. The first-order valence-electron chi connectivity index (χ1n) is 4.59. The zero-order valence-corrected chi connectivity index (χ0v) is 9.18. The molecule has 0 bridgehead atoms. The van der Waals surface area contributed by atoms with Crippen LogP contribution in [0.3, 0.4) is 0 Å². The fourth-order valence-corrected chi connectivity index (χ4v) is 1.41. The molecule has 14 heavy (non-hydrogen) atoms. The second-order valence-electron chi connectivity index (χ2n) is 3.20. The van der Waals surface area contributed by atoms with Gasteiger partial charge in [-0.15, -0.1) is 0 Å². The van der Waals surface area contributed by atoms with E-state index in [1.54, 1.807) is 14.2 Å². The number of nitrogens with one attached hydrogen (secondary N) is 1. The third kappa shape index (κ3) is 2.25. The van der Waals surface area contributed by atoms with Gasteiger partial charge in [0.25, 0.3) is 0 Å². The lowest BCUT2D eigenvalue weighted by Crippen LogP contribution is -2.12.